The van der Waals surface area contributed by atoms with Gasteiger partial charge in [0.05, 0.1) is 25.8 Å². The highest BCUT2D eigenvalue weighted by Crippen LogP contribution is 2.36. The van der Waals surface area contributed by atoms with E-state index in [2.05, 4.69) is 18.0 Å². The van der Waals surface area contributed by atoms with Crippen molar-refractivity contribution in [2.45, 2.75) is 70.4 Å². The molecule has 3 rings (SSSR count). The van der Waals surface area contributed by atoms with Crippen LogP contribution < -0.4 is 0 Å². The van der Waals surface area contributed by atoms with Crippen LogP contribution in [0, 0.1) is 6.92 Å². The summed E-state index contributed by atoms with van der Waals surface area (Å²) >= 11 is 0. The number of carbonyl (C=O) groups excluding carboxylic acids is 1. The summed E-state index contributed by atoms with van der Waals surface area (Å²) in [4.78, 5) is 27.1. The van der Waals surface area contributed by atoms with Crippen LogP contribution in [0.15, 0.2) is 18.5 Å². The normalized spacial score (nSPS) is 19.9. The van der Waals surface area contributed by atoms with Gasteiger partial charge in [0.2, 0.25) is 5.91 Å². The highest BCUT2D eigenvalue weighted by molar-refractivity contribution is 5.77. The monoisotopic (exact) mass is 446 g/mol. The van der Waals surface area contributed by atoms with Crippen LogP contribution in [0.5, 0.6) is 0 Å². The maximum Gasteiger partial charge on any atom is 0.490 e. The van der Waals surface area contributed by atoms with E-state index in [0.717, 1.165) is 49.9 Å². The van der Waals surface area contributed by atoms with Gasteiger partial charge in [-0.05, 0) is 30.9 Å². The molecule has 0 bridgehead atoms. The number of carboxylic acids is 1. The number of rotatable bonds is 6. The van der Waals surface area contributed by atoms with Gasteiger partial charge in [0.15, 0.2) is 0 Å². The average Bonchev–Trinajstić information content (AvgIpc) is 2.68. The first-order chi connectivity index (χ1) is 14.5. The van der Waals surface area contributed by atoms with E-state index < -0.39 is 12.1 Å². The number of alkyl halides is 3. The second-order valence-electron chi connectivity index (χ2n) is 7.98. The van der Waals surface area contributed by atoms with E-state index in [1.165, 1.54) is 0 Å². The number of aliphatic carboxylic acids is 1. The lowest BCUT2D eigenvalue weighted by Crippen LogP contribution is -2.67. The van der Waals surface area contributed by atoms with Gasteiger partial charge in [-0.2, -0.15) is 13.2 Å². The predicted molar refractivity (Wildman–Crippen MR) is 105 cm³/mol. The molecule has 1 unspecified atom stereocenters. The second kappa shape index (κ2) is 10.9. The van der Waals surface area contributed by atoms with Crippen LogP contribution in [0.2, 0.25) is 0 Å². The van der Waals surface area contributed by atoms with Crippen molar-refractivity contribution in [2.75, 3.05) is 19.7 Å². The molecule has 1 spiro atoms. The summed E-state index contributed by atoms with van der Waals surface area (Å²) in [5, 5.41) is 7.12. The Kier molecular flexibility index (Phi) is 8.81. The number of aryl methyl sites for hydroxylation is 1. The van der Waals surface area contributed by atoms with Crippen molar-refractivity contribution in [3.05, 3.63) is 29.6 Å². The zero-order valence-corrected chi connectivity index (χ0v) is 17.8. The summed E-state index contributed by atoms with van der Waals surface area (Å²) in [6.07, 6.45) is 3.32. The van der Waals surface area contributed by atoms with Gasteiger partial charge >= 0.3 is 12.1 Å². The van der Waals surface area contributed by atoms with Gasteiger partial charge in [0.1, 0.15) is 5.60 Å². The fourth-order valence-corrected chi connectivity index (χ4v) is 3.57. The number of carbonyl (C=O) groups is 2. The number of nitrogens with zero attached hydrogens (tertiary/aromatic N) is 2. The average molecular weight is 446 g/mol. The van der Waals surface area contributed by atoms with Crippen molar-refractivity contribution in [3.63, 3.8) is 0 Å². The summed E-state index contributed by atoms with van der Waals surface area (Å²) in [7, 11) is 0. The third-order valence-electron chi connectivity index (χ3n) is 5.16. The van der Waals surface area contributed by atoms with E-state index in [9.17, 15) is 18.0 Å². The van der Waals surface area contributed by atoms with Crippen LogP contribution in [0.4, 0.5) is 13.2 Å². The number of hydrogen-bond donors (Lipinski definition) is 1. The summed E-state index contributed by atoms with van der Waals surface area (Å²) in [5.74, 6) is -2.49. The van der Waals surface area contributed by atoms with Gasteiger partial charge in [0.25, 0.3) is 0 Å². The highest BCUT2D eigenvalue weighted by atomic mass is 19.4. The number of likely N-dealkylation sites (tertiary alicyclic amines) is 1. The molecule has 0 saturated carbocycles. The zero-order valence-electron chi connectivity index (χ0n) is 17.8. The fourth-order valence-electron chi connectivity index (χ4n) is 3.57. The van der Waals surface area contributed by atoms with Gasteiger partial charge in [-0.3, -0.25) is 9.78 Å². The molecule has 1 aromatic rings. The number of carboxylic acid groups (broad SMARTS) is 1. The smallest absolute Gasteiger partial charge is 0.475 e. The van der Waals surface area contributed by atoms with Crippen molar-refractivity contribution >= 4 is 11.9 Å². The van der Waals surface area contributed by atoms with Crippen molar-refractivity contribution < 1.29 is 37.3 Å². The molecule has 0 aliphatic carbocycles. The minimum absolute atomic E-state index is 0.171. The van der Waals surface area contributed by atoms with Gasteiger partial charge in [-0.25, -0.2) is 4.79 Å². The Labute approximate surface area is 179 Å². The molecule has 1 aromatic heterocycles. The van der Waals surface area contributed by atoms with Crippen LogP contribution >= 0.6 is 0 Å². The molecule has 2 aliphatic heterocycles. The van der Waals surface area contributed by atoms with Gasteiger partial charge in [0, 0.05) is 31.8 Å². The summed E-state index contributed by atoms with van der Waals surface area (Å²) in [5.41, 5.74) is 2.09. The maximum atomic E-state index is 12.1. The van der Waals surface area contributed by atoms with Gasteiger partial charge in [-0.1, -0.05) is 19.4 Å². The molecule has 1 atom stereocenters. The Balaban J connectivity index is 0.000000423. The minimum Gasteiger partial charge on any atom is -0.475 e. The summed E-state index contributed by atoms with van der Waals surface area (Å²) in [6, 6.07) is 2.11. The molecule has 7 nitrogen and oxygen atoms in total. The molecular formula is C21H29F3N2O5. The molecule has 10 heteroatoms. The maximum absolute atomic E-state index is 12.1. The molecular weight excluding hydrogens is 417 g/mol. The number of hydrogen-bond acceptors (Lipinski definition) is 5. The Bertz CT molecular complexity index is 751. The number of amides is 1. The zero-order chi connectivity index (χ0) is 23.1. The van der Waals surface area contributed by atoms with Crippen molar-refractivity contribution in [2.24, 2.45) is 0 Å². The van der Waals surface area contributed by atoms with E-state index in [1.807, 2.05) is 24.2 Å². The third kappa shape index (κ3) is 7.77. The van der Waals surface area contributed by atoms with Gasteiger partial charge in [-0.15, -0.1) is 0 Å². The summed E-state index contributed by atoms with van der Waals surface area (Å²) < 4.78 is 43.8. The number of pyridine rings is 1. The van der Waals surface area contributed by atoms with E-state index in [0.29, 0.717) is 19.6 Å². The van der Waals surface area contributed by atoms with Crippen LogP contribution in [0.1, 0.15) is 50.2 Å². The molecule has 2 fully saturated rings. The third-order valence-corrected chi connectivity index (χ3v) is 5.16. The topological polar surface area (TPSA) is 89.0 Å². The molecule has 2 aliphatic rings. The van der Waals surface area contributed by atoms with Crippen molar-refractivity contribution in [1.29, 1.82) is 0 Å². The lowest BCUT2D eigenvalue weighted by Gasteiger charge is -2.53. The van der Waals surface area contributed by atoms with Crippen LogP contribution in [0.25, 0.3) is 0 Å². The molecule has 3 heterocycles. The highest BCUT2D eigenvalue weighted by Gasteiger charge is 2.49. The molecule has 31 heavy (non-hydrogen) atoms. The SMILES string of the molecule is CCCCC(=O)N1CC2(CC(OCc3cncc(C)c3)CCO2)C1.O=C(O)C(F)(F)F. The molecule has 2 saturated heterocycles. The Hall–Kier alpha value is -2.20. The number of halogens is 3. The number of unbranched alkanes of at least 4 members (excludes halogenated alkanes) is 1. The number of aromatic nitrogens is 1. The fraction of sp³-hybridized carbons (Fsp3) is 0.667. The predicted octanol–water partition coefficient (Wildman–Crippen LogP) is 3.49. The Morgan fingerprint density at radius 3 is 2.61 bits per heavy atom. The molecule has 1 amide bonds. The largest absolute Gasteiger partial charge is 0.490 e. The van der Waals surface area contributed by atoms with Crippen molar-refractivity contribution in [3.8, 4) is 0 Å². The Morgan fingerprint density at radius 1 is 1.35 bits per heavy atom. The van der Waals surface area contributed by atoms with Crippen LogP contribution in [-0.4, -0.2) is 64.4 Å². The molecule has 174 valence electrons. The van der Waals surface area contributed by atoms with Gasteiger partial charge < -0.3 is 19.5 Å². The summed E-state index contributed by atoms with van der Waals surface area (Å²) in [6.45, 7) is 6.91. The van der Waals surface area contributed by atoms with Crippen molar-refractivity contribution in [1.82, 2.24) is 9.88 Å². The van der Waals surface area contributed by atoms with E-state index in [4.69, 9.17) is 19.4 Å². The molecule has 1 N–H and O–H groups in total. The lowest BCUT2D eigenvalue weighted by atomic mass is 9.84. The first kappa shape index (κ1) is 25.1. The minimum atomic E-state index is -5.08. The van der Waals surface area contributed by atoms with Crippen LogP contribution in [-0.2, 0) is 25.7 Å². The first-order valence-electron chi connectivity index (χ1n) is 10.3. The molecule has 0 radical (unpaired) electrons. The van der Waals surface area contributed by atoms with E-state index >= 15 is 0 Å². The standard InChI is InChI=1S/C19H28N2O3.C2HF3O2/c1-3-4-5-18(22)21-13-19(14-21)9-17(6-7-24-19)23-12-16-8-15(2)10-20-11-16;3-2(4,5)1(6)7/h8,10-11,17H,3-7,9,12-14H2,1-2H3;(H,6,7). The quantitative estimate of drug-likeness (QED) is 0.720. The lowest BCUT2D eigenvalue weighted by molar-refractivity contribution is -0.202. The number of ether oxygens (including phenoxy) is 2. The Morgan fingerprint density at radius 2 is 2.03 bits per heavy atom. The van der Waals surface area contributed by atoms with E-state index in [-0.39, 0.29) is 17.6 Å². The van der Waals surface area contributed by atoms with E-state index in [1.54, 1.807) is 0 Å². The molecule has 0 aromatic carbocycles. The second-order valence-corrected chi connectivity index (χ2v) is 7.98. The first-order valence-corrected chi connectivity index (χ1v) is 10.3. The van der Waals surface area contributed by atoms with Crippen LogP contribution in [0.3, 0.4) is 0 Å².